The summed E-state index contributed by atoms with van der Waals surface area (Å²) in [7, 11) is 0. The number of rotatable bonds is 5. The van der Waals surface area contributed by atoms with Crippen LogP contribution in [0.1, 0.15) is 25.0 Å². The molecular formula is C14H28Ca3N2O. The minimum absolute atomic E-state index is 0. The molecule has 0 unspecified atom stereocenters. The summed E-state index contributed by atoms with van der Waals surface area (Å²) >= 11 is 0. The molecule has 20 heavy (non-hydrogen) atoms. The van der Waals surface area contributed by atoms with Crippen LogP contribution in [0.15, 0.2) is 18.2 Å². The molecule has 0 saturated carbocycles. The molecule has 1 aromatic carbocycles. The van der Waals surface area contributed by atoms with Crippen molar-refractivity contribution in [3.63, 3.8) is 0 Å². The van der Waals surface area contributed by atoms with Gasteiger partial charge in [0.1, 0.15) is 0 Å². The number of carbonyl (C=O) groups excluding carboxylic acids is 1. The Balaban J connectivity index is -0.000000963. The maximum absolute atomic E-state index is 11.9. The number of likely N-dealkylation sites (N-methyl/N-ethyl adjacent to an activating group) is 1. The fourth-order valence-corrected chi connectivity index (χ4v) is 1.84. The third-order valence-corrected chi connectivity index (χ3v) is 3.01. The van der Waals surface area contributed by atoms with Gasteiger partial charge in [-0.1, -0.05) is 32.0 Å². The predicted molar refractivity (Wildman–Crippen MR) is 98.0 cm³/mol. The normalized spacial score (nSPS) is 9.05. The summed E-state index contributed by atoms with van der Waals surface area (Å²) in [5.41, 5.74) is 3.17. The molecule has 1 amide bonds. The zero-order valence-electron chi connectivity index (χ0n) is 11.2. The van der Waals surface area contributed by atoms with E-state index in [1.54, 1.807) is 0 Å². The van der Waals surface area contributed by atoms with Crippen LogP contribution in [0.3, 0.4) is 0 Å². The number of amides is 1. The van der Waals surface area contributed by atoms with Crippen LogP contribution < -0.4 is 5.32 Å². The molecule has 0 aromatic heterocycles. The summed E-state index contributed by atoms with van der Waals surface area (Å²) < 4.78 is 0. The number of benzene rings is 1. The van der Waals surface area contributed by atoms with E-state index >= 15 is 0 Å². The van der Waals surface area contributed by atoms with Crippen LogP contribution >= 0.6 is 0 Å². The van der Waals surface area contributed by atoms with Gasteiger partial charge in [-0.25, -0.2) is 0 Å². The molecule has 3 nitrogen and oxygen atoms in total. The van der Waals surface area contributed by atoms with Crippen molar-refractivity contribution in [1.82, 2.24) is 4.90 Å². The van der Waals surface area contributed by atoms with Gasteiger partial charge < -0.3 is 5.32 Å². The molecule has 0 saturated heterocycles. The molecule has 0 aliphatic heterocycles. The van der Waals surface area contributed by atoms with Crippen molar-refractivity contribution in [2.75, 3.05) is 25.0 Å². The maximum atomic E-state index is 11.9. The third kappa shape index (κ3) is 9.54. The van der Waals surface area contributed by atoms with Crippen molar-refractivity contribution in [3.05, 3.63) is 29.3 Å². The Labute approximate surface area is 212 Å². The van der Waals surface area contributed by atoms with Gasteiger partial charge in [0.05, 0.1) is 6.54 Å². The summed E-state index contributed by atoms with van der Waals surface area (Å²) in [5, 5.41) is 3.00. The van der Waals surface area contributed by atoms with Crippen molar-refractivity contribution >= 4 is 125 Å². The molecule has 0 aliphatic carbocycles. The molecule has 1 rings (SSSR count). The van der Waals surface area contributed by atoms with Gasteiger partial charge >= 0.3 is 113 Å². The minimum atomic E-state index is 0. The average Bonchev–Trinajstić information content (AvgIpc) is 2.31. The predicted octanol–water partition coefficient (Wildman–Crippen LogP) is -0.165. The van der Waals surface area contributed by atoms with Crippen LogP contribution in [-0.2, 0) is 4.79 Å². The summed E-state index contributed by atoms with van der Waals surface area (Å²) in [5.74, 6) is 0.0612. The Morgan fingerprint density at radius 1 is 1.05 bits per heavy atom. The van der Waals surface area contributed by atoms with E-state index in [1.807, 2.05) is 32.0 Å². The Morgan fingerprint density at radius 2 is 1.50 bits per heavy atom. The number of anilines is 1. The first kappa shape index (κ1) is 27.3. The topological polar surface area (TPSA) is 32.3 Å². The standard InChI is InChI=1S/C14H22N2O.3Ca.6H/c1-5-16(6-2)10-13(17)15-14-11(3)8-7-9-12(14)4;;;;;;;;;/h7-9H,5-6,10H2,1-4H3,(H,15,17);;;;;;;;;. The molecule has 106 valence electrons. The number of nitrogens with one attached hydrogen (secondary N) is 1. The van der Waals surface area contributed by atoms with Crippen molar-refractivity contribution < 1.29 is 4.79 Å². The van der Waals surface area contributed by atoms with Crippen LogP contribution in [-0.4, -0.2) is 144 Å². The molecule has 0 bridgehead atoms. The van der Waals surface area contributed by atoms with E-state index in [-0.39, 0.29) is 119 Å². The zero-order chi connectivity index (χ0) is 12.8. The van der Waals surface area contributed by atoms with Crippen LogP contribution in [0.4, 0.5) is 5.69 Å². The number of hydrogen-bond acceptors (Lipinski definition) is 2. The Hall–Kier alpha value is 2.43. The Morgan fingerprint density at radius 3 is 1.90 bits per heavy atom. The van der Waals surface area contributed by atoms with E-state index in [4.69, 9.17) is 0 Å². The monoisotopic (exact) mass is 360 g/mol. The third-order valence-electron chi connectivity index (χ3n) is 3.01. The second kappa shape index (κ2) is 15.0. The molecule has 0 aliphatic rings. The Bertz CT molecular complexity index is 376. The summed E-state index contributed by atoms with van der Waals surface area (Å²) in [4.78, 5) is 14.0. The molecule has 0 fully saturated rings. The molecule has 0 atom stereocenters. The first-order valence-electron chi connectivity index (χ1n) is 6.16. The first-order valence-corrected chi connectivity index (χ1v) is 6.16. The van der Waals surface area contributed by atoms with E-state index in [0.29, 0.717) is 6.54 Å². The summed E-state index contributed by atoms with van der Waals surface area (Å²) in [6, 6.07) is 6.03. The van der Waals surface area contributed by atoms with Crippen LogP contribution in [0, 0.1) is 13.8 Å². The average molecular weight is 361 g/mol. The quantitative estimate of drug-likeness (QED) is 0.740. The molecular weight excluding hydrogens is 332 g/mol. The molecule has 0 spiro atoms. The van der Waals surface area contributed by atoms with Gasteiger partial charge in [-0.05, 0) is 38.1 Å². The van der Waals surface area contributed by atoms with E-state index < -0.39 is 0 Å². The fourth-order valence-electron chi connectivity index (χ4n) is 1.84. The summed E-state index contributed by atoms with van der Waals surface area (Å²) in [6.45, 7) is 10.4. The van der Waals surface area contributed by atoms with Gasteiger partial charge in [0, 0.05) is 5.69 Å². The van der Waals surface area contributed by atoms with E-state index in [9.17, 15) is 4.79 Å². The first-order chi connectivity index (χ1) is 8.08. The van der Waals surface area contributed by atoms with E-state index in [2.05, 4.69) is 24.1 Å². The summed E-state index contributed by atoms with van der Waals surface area (Å²) in [6.07, 6.45) is 0. The van der Waals surface area contributed by atoms with Gasteiger partial charge in [0.15, 0.2) is 0 Å². The van der Waals surface area contributed by atoms with Crippen LogP contribution in [0.2, 0.25) is 0 Å². The van der Waals surface area contributed by atoms with Crippen LogP contribution in [0.25, 0.3) is 0 Å². The van der Waals surface area contributed by atoms with Crippen molar-refractivity contribution in [2.24, 2.45) is 0 Å². The molecule has 6 heteroatoms. The van der Waals surface area contributed by atoms with E-state index in [0.717, 1.165) is 29.9 Å². The van der Waals surface area contributed by atoms with Crippen molar-refractivity contribution in [2.45, 2.75) is 27.7 Å². The number of carbonyl (C=O) groups is 1. The van der Waals surface area contributed by atoms with Crippen molar-refractivity contribution in [3.8, 4) is 0 Å². The Kier molecular flexibility index (Phi) is 20.4. The van der Waals surface area contributed by atoms with Gasteiger partial charge in [-0.2, -0.15) is 0 Å². The van der Waals surface area contributed by atoms with Gasteiger partial charge in [-0.3, -0.25) is 9.69 Å². The molecule has 1 N–H and O–H groups in total. The second-order valence-electron chi connectivity index (χ2n) is 4.28. The second-order valence-corrected chi connectivity index (χ2v) is 4.28. The number of nitrogens with zero attached hydrogens (tertiary/aromatic N) is 1. The molecule has 0 heterocycles. The van der Waals surface area contributed by atoms with Gasteiger partial charge in [-0.15, -0.1) is 0 Å². The number of hydrogen-bond donors (Lipinski definition) is 1. The fraction of sp³-hybridized carbons (Fsp3) is 0.500. The van der Waals surface area contributed by atoms with Gasteiger partial charge in [0.2, 0.25) is 5.91 Å². The van der Waals surface area contributed by atoms with Crippen LogP contribution in [0.5, 0.6) is 0 Å². The number of aryl methyl sites for hydroxylation is 2. The van der Waals surface area contributed by atoms with Crippen molar-refractivity contribution in [1.29, 1.82) is 0 Å². The SMILES string of the molecule is CCN(CC)CC(=O)Nc1c(C)cccc1C.[CaH2].[CaH2].[CaH2]. The molecule has 0 radical (unpaired) electrons. The zero-order valence-corrected chi connectivity index (χ0v) is 11.2. The molecule has 1 aromatic rings. The number of para-hydroxylation sites is 1. The van der Waals surface area contributed by atoms with E-state index in [1.165, 1.54) is 0 Å². The van der Waals surface area contributed by atoms with Gasteiger partial charge in [0.25, 0.3) is 0 Å².